The third-order valence-corrected chi connectivity index (χ3v) is 5.16. The van der Waals surface area contributed by atoms with Crippen molar-refractivity contribution in [2.24, 2.45) is 5.92 Å². The van der Waals surface area contributed by atoms with E-state index < -0.39 is 11.8 Å². The number of rotatable bonds is 6. The first-order chi connectivity index (χ1) is 12.2. The number of carbonyl (C=O) groups is 3. The molecule has 1 aromatic rings. The minimum Gasteiger partial charge on any atom is -0.350 e. The predicted octanol–water partition coefficient (Wildman–Crippen LogP) is 2.72. The van der Waals surface area contributed by atoms with Crippen LogP contribution in [0.15, 0.2) is 18.2 Å². The highest BCUT2D eigenvalue weighted by Crippen LogP contribution is 2.34. The van der Waals surface area contributed by atoms with Gasteiger partial charge in [0.2, 0.25) is 0 Å². The highest BCUT2D eigenvalue weighted by atomic mass is 16.2. The van der Waals surface area contributed by atoms with Crippen LogP contribution in [0.3, 0.4) is 0 Å². The molecule has 0 aliphatic heterocycles. The Morgan fingerprint density at radius 3 is 2.42 bits per heavy atom. The average Bonchev–Trinajstić information content (AvgIpc) is 3.46. The zero-order valence-corrected chi connectivity index (χ0v) is 16.3. The zero-order chi connectivity index (χ0) is 19.4. The first-order valence-electron chi connectivity index (χ1n) is 9.24. The third kappa shape index (κ3) is 4.84. The fraction of sp³-hybridized carbons (Fsp3) is 0.550. The van der Waals surface area contributed by atoms with Crippen molar-refractivity contribution in [1.82, 2.24) is 10.2 Å². The monoisotopic (exact) mass is 359 g/mol. The van der Waals surface area contributed by atoms with E-state index in [1.54, 1.807) is 32.2 Å². The van der Waals surface area contributed by atoms with E-state index in [0.717, 1.165) is 24.8 Å². The van der Waals surface area contributed by atoms with E-state index in [9.17, 15) is 14.4 Å². The second kappa shape index (κ2) is 8.34. The number of likely N-dealkylation sites (N-methyl/N-ethyl adjacent to an activating group) is 1. The lowest BCUT2D eigenvalue weighted by Crippen LogP contribution is -2.43. The van der Waals surface area contributed by atoms with Gasteiger partial charge in [0.05, 0.1) is 0 Å². The summed E-state index contributed by atoms with van der Waals surface area (Å²) in [6, 6.07) is 5.20. The fourth-order valence-corrected chi connectivity index (χ4v) is 2.77. The van der Waals surface area contributed by atoms with E-state index in [-0.39, 0.29) is 18.0 Å². The summed E-state index contributed by atoms with van der Waals surface area (Å²) >= 11 is 0. The molecule has 3 amide bonds. The summed E-state index contributed by atoms with van der Waals surface area (Å²) in [4.78, 5) is 38.3. The van der Waals surface area contributed by atoms with Gasteiger partial charge in [0.15, 0.2) is 0 Å². The molecule has 6 heteroatoms. The molecule has 2 N–H and O–H groups in total. The van der Waals surface area contributed by atoms with Gasteiger partial charge in [-0.25, -0.2) is 0 Å². The minimum absolute atomic E-state index is 0.0703. The van der Waals surface area contributed by atoms with Crippen LogP contribution in [0.4, 0.5) is 5.69 Å². The minimum atomic E-state index is -0.653. The van der Waals surface area contributed by atoms with Crippen LogP contribution in [-0.2, 0) is 9.59 Å². The fourth-order valence-electron chi connectivity index (χ4n) is 2.77. The Kier molecular flexibility index (Phi) is 6.40. The lowest BCUT2D eigenvalue weighted by Gasteiger charge is -2.24. The number of benzene rings is 1. The van der Waals surface area contributed by atoms with Crippen molar-refractivity contribution >= 4 is 23.4 Å². The third-order valence-electron chi connectivity index (χ3n) is 5.16. The van der Waals surface area contributed by atoms with Crippen LogP contribution in [0.1, 0.15) is 56.0 Å². The second-order valence-corrected chi connectivity index (χ2v) is 7.26. The quantitative estimate of drug-likeness (QED) is 0.767. The largest absolute Gasteiger partial charge is 0.350 e. The van der Waals surface area contributed by atoms with Crippen LogP contribution in [-0.4, -0.2) is 41.8 Å². The van der Waals surface area contributed by atoms with E-state index in [4.69, 9.17) is 0 Å². The van der Waals surface area contributed by atoms with Gasteiger partial charge in [-0.1, -0.05) is 6.92 Å². The van der Waals surface area contributed by atoms with Gasteiger partial charge in [0.25, 0.3) is 5.91 Å². The molecule has 0 saturated heterocycles. The predicted molar refractivity (Wildman–Crippen MR) is 102 cm³/mol. The number of nitrogens with zero attached hydrogens (tertiary/aromatic N) is 1. The van der Waals surface area contributed by atoms with Crippen molar-refractivity contribution in [3.8, 4) is 0 Å². The number of carbonyl (C=O) groups excluding carboxylic acids is 3. The topological polar surface area (TPSA) is 78.5 Å². The second-order valence-electron chi connectivity index (χ2n) is 7.26. The molecule has 1 fully saturated rings. The lowest BCUT2D eigenvalue weighted by molar-refractivity contribution is -0.143. The molecule has 0 aromatic heterocycles. The van der Waals surface area contributed by atoms with Crippen LogP contribution in [0, 0.1) is 12.8 Å². The smallest absolute Gasteiger partial charge is 0.313 e. The van der Waals surface area contributed by atoms with Crippen molar-refractivity contribution in [1.29, 1.82) is 0 Å². The van der Waals surface area contributed by atoms with Gasteiger partial charge in [0.1, 0.15) is 0 Å². The first-order valence-corrected chi connectivity index (χ1v) is 9.24. The number of hydrogen-bond acceptors (Lipinski definition) is 3. The summed E-state index contributed by atoms with van der Waals surface area (Å²) in [6.45, 7) is 7.73. The molecule has 2 atom stereocenters. The van der Waals surface area contributed by atoms with Gasteiger partial charge in [-0.05, 0) is 69.7 Å². The van der Waals surface area contributed by atoms with Crippen LogP contribution < -0.4 is 10.6 Å². The van der Waals surface area contributed by atoms with E-state index in [1.165, 1.54) is 4.90 Å². The van der Waals surface area contributed by atoms with Crippen LogP contribution in [0.25, 0.3) is 0 Å². The zero-order valence-electron chi connectivity index (χ0n) is 16.3. The summed E-state index contributed by atoms with van der Waals surface area (Å²) in [5.74, 6) is -0.835. The van der Waals surface area contributed by atoms with Crippen molar-refractivity contribution in [2.45, 2.75) is 59.0 Å². The van der Waals surface area contributed by atoms with Crippen LogP contribution in [0.5, 0.6) is 0 Å². The van der Waals surface area contributed by atoms with Gasteiger partial charge in [-0.3, -0.25) is 14.4 Å². The molecule has 26 heavy (non-hydrogen) atoms. The van der Waals surface area contributed by atoms with Gasteiger partial charge >= 0.3 is 11.8 Å². The first kappa shape index (κ1) is 19.9. The molecular weight excluding hydrogens is 330 g/mol. The summed E-state index contributed by atoms with van der Waals surface area (Å²) in [7, 11) is 1.67. The number of aryl methyl sites for hydroxylation is 1. The molecule has 142 valence electrons. The van der Waals surface area contributed by atoms with Crippen molar-refractivity contribution < 1.29 is 14.4 Å². The van der Waals surface area contributed by atoms with E-state index in [0.29, 0.717) is 17.2 Å². The summed E-state index contributed by atoms with van der Waals surface area (Å²) in [5.41, 5.74) is 1.81. The average molecular weight is 359 g/mol. The Bertz CT molecular complexity index is 698. The Morgan fingerprint density at radius 1 is 1.23 bits per heavy atom. The summed E-state index contributed by atoms with van der Waals surface area (Å²) in [5, 5.41) is 5.57. The molecule has 1 aromatic carbocycles. The number of amides is 3. The maximum Gasteiger partial charge on any atom is 0.313 e. The normalized spacial score (nSPS) is 15.7. The van der Waals surface area contributed by atoms with Crippen molar-refractivity contribution in [3.05, 3.63) is 29.3 Å². The van der Waals surface area contributed by atoms with Gasteiger partial charge in [-0.15, -0.1) is 0 Å². The van der Waals surface area contributed by atoms with Crippen LogP contribution in [0.2, 0.25) is 0 Å². The number of hydrogen-bond donors (Lipinski definition) is 2. The summed E-state index contributed by atoms with van der Waals surface area (Å²) < 4.78 is 0. The summed E-state index contributed by atoms with van der Waals surface area (Å²) in [6.07, 6.45) is 3.08. The van der Waals surface area contributed by atoms with Crippen molar-refractivity contribution in [3.63, 3.8) is 0 Å². The SMILES string of the molecule is CCC(C)NC(=O)c1ccc(NC(=O)C(=O)N(C)C(C)C2CC2)c(C)c1. The molecule has 1 aliphatic carbocycles. The maximum atomic E-state index is 12.3. The molecule has 0 heterocycles. The Balaban J connectivity index is 2.01. The molecule has 0 radical (unpaired) electrons. The highest BCUT2D eigenvalue weighted by molar-refractivity contribution is 6.39. The lowest BCUT2D eigenvalue weighted by atomic mass is 10.1. The van der Waals surface area contributed by atoms with Gasteiger partial charge < -0.3 is 15.5 Å². The highest BCUT2D eigenvalue weighted by Gasteiger charge is 2.34. The number of anilines is 1. The molecule has 2 unspecified atom stereocenters. The van der Waals surface area contributed by atoms with Gasteiger partial charge in [-0.2, -0.15) is 0 Å². The number of nitrogens with one attached hydrogen (secondary N) is 2. The standard InChI is InChI=1S/C20H29N3O3/c1-6-13(3)21-18(24)16-9-10-17(12(2)11-16)22-19(25)20(26)23(5)14(4)15-7-8-15/h9-11,13-15H,6-8H2,1-5H3,(H,21,24)(H,22,25). The molecule has 2 rings (SSSR count). The van der Waals surface area contributed by atoms with Gasteiger partial charge in [0, 0.05) is 30.4 Å². The molecule has 0 spiro atoms. The van der Waals surface area contributed by atoms with Crippen LogP contribution >= 0.6 is 0 Å². The van der Waals surface area contributed by atoms with E-state index in [2.05, 4.69) is 10.6 Å². The molecular formula is C20H29N3O3. The maximum absolute atomic E-state index is 12.3. The molecule has 0 bridgehead atoms. The Hall–Kier alpha value is -2.37. The van der Waals surface area contributed by atoms with E-state index >= 15 is 0 Å². The van der Waals surface area contributed by atoms with E-state index in [1.807, 2.05) is 20.8 Å². The molecule has 1 saturated carbocycles. The Morgan fingerprint density at radius 2 is 1.88 bits per heavy atom. The van der Waals surface area contributed by atoms with Crippen molar-refractivity contribution in [2.75, 3.05) is 12.4 Å². The molecule has 6 nitrogen and oxygen atoms in total. The molecule has 1 aliphatic rings. The Labute approximate surface area is 155 Å².